The van der Waals surface area contributed by atoms with E-state index in [1.54, 1.807) is 49.3 Å². The first-order chi connectivity index (χ1) is 11.1. The van der Waals surface area contributed by atoms with Gasteiger partial charge in [0.25, 0.3) is 0 Å². The number of nitrogens with zero attached hydrogens (tertiary/aromatic N) is 4. The highest BCUT2D eigenvalue weighted by atomic mass is 16.5. The quantitative estimate of drug-likeness (QED) is 0.761. The van der Waals surface area contributed by atoms with Crippen molar-refractivity contribution in [3.05, 3.63) is 30.5 Å². The van der Waals surface area contributed by atoms with Crippen LogP contribution in [0.3, 0.4) is 0 Å². The van der Waals surface area contributed by atoms with Crippen molar-refractivity contribution in [3.63, 3.8) is 0 Å². The average Bonchev–Trinajstić information content (AvgIpc) is 2.89. The second-order valence-electron chi connectivity index (χ2n) is 4.76. The molecular formula is C15H14N4O4. The van der Waals surface area contributed by atoms with Crippen molar-refractivity contribution < 1.29 is 19.4 Å². The molecule has 0 radical (unpaired) electrons. The van der Waals surface area contributed by atoms with Gasteiger partial charge >= 0.3 is 5.97 Å². The van der Waals surface area contributed by atoms with Crippen molar-refractivity contribution in [1.29, 1.82) is 0 Å². The van der Waals surface area contributed by atoms with Crippen LogP contribution >= 0.6 is 0 Å². The van der Waals surface area contributed by atoms with Crippen LogP contribution in [0.4, 0.5) is 0 Å². The van der Waals surface area contributed by atoms with E-state index >= 15 is 0 Å². The van der Waals surface area contributed by atoms with Gasteiger partial charge in [-0.3, -0.25) is 4.98 Å². The molecule has 0 unspecified atom stereocenters. The summed E-state index contributed by atoms with van der Waals surface area (Å²) in [7, 11) is 3.34. The van der Waals surface area contributed by atoms with E-state index in [0.717, 1.165) is 5.39 Å². The van der Waals surface area contributed by atoms with Crippen LogP contribution in [0, 0.1) is 0 Å². The summed E-state index contributed by atoms with van der Waals surface area (Å²) in [4.78, 5) is 19.2. The summed E-state index contributed by atoms with van der Waals surface area (Å²) in [5.41, 5.74) is 1.90. The molecule has 0 aliphatic rings. The van der Waals surface area contributed by atoms with Crippen molar-refractivity contribution in [1.82, 2.24) is 19.7 Å². The normalized spacial score (nSPS) is 10.7. The van der Waals surface area contributed by atoms with Gasteiger partial charge in [0.05, 0.1) is 12.8 Å². The smallest absolute Gasteiger partial charge is 0.341 e. The largest absolute Gasteiger partial charge is 0.497 e. The fourth-order valence-corrected chi connectivity index (χ4v) is 2.19. The summed E-state index contributed by atoms with van der Waals surface area (Å²) >= 11 is 0. The number of hydrogen-bond donors (Lipinski definition) is 1. The maximum Gasteiger partial charge on any atom is 0.341 e. The summed E-state index contributed by atoms with van der Waals surface area (Å²) in [5.74, 6) is -0.144. The molecule has 0 aliphatic carbocycles. The molecule has 0 atom stereocenters. The van der Waals surface area contributed by atoms with Crippen molar-refractivity contribution in [2.45, 2.75) is 0 Å². The molecule has 8 nitrogen and oxygen atoms in total. The summed E-state index contributed by atoms with van der Waals surface area (Å²) in [6, 6.07) is 6.93. The van der Waals surface area contributed by atoms with E-state index in [0.29, 0.717) is 22.8 Å². The number of carboxylic acids is 1. The Morgan fingerprint density at radius 3 is 2.91 bits per heavy atom. The second kappa shape index (κ2) is 5.91. The monoisotopic (exact) mass is 314 g/mol. The molecule has 0 saturated heterocycles. The van der Waals surface area contributed by atoms with Gasteiger partial charge in [0.2, 0.25) is 5.88 Å². The Bertz CT molecular complexity index is 875. The predicted octanol–water partition coefficient (Wildman–Crippen LogP) is 1.50. The fraction of sp³-hybridized carbons (Fsp3) is 0.200. The van der Waals surface area contributed by atoms with Gasteiger partial charge in [-0.05, 0) is 12.1 Å². The first-order valence-corrected chi connectivity index (χ1v) is 6.77. The number of methoxy groups -OCH3 is 1. The molecule has 0 fully saturated rings. The molecule has 0 saturated carbocycles. The number of carboxylic acid groups (broad SMARTS) is 1. The number of pyridine rings is 2. The number of aromatic nitrogens is 4. The van der Waals surface area contributed by atoms with E-state index in [-0.39, 0.29) is 5.88 Å². The molecule has 0 aromatic carbocycles. The van der Waals surface area contributed by atoms with Crippen LogP contribution in [0.2, 0.25) is 0 Å². The third-order valence-corrected chi connectivity index (χ3v) is 3.21. The first kappa shape index (κ1) is 14.8. The Hall–Kier alpha value is -3.16. The highest BCUT2D eigenvalue weighted by Crippen LogP contribution is 2.28. The molecule has 3 rings (SSSR count). The maximum absolute atomic E-state index is 10.6. The van der Waals surface area contributed by atoms with Crippen molar-refractivity contribution in [2.24, 2.45) is 7.05 Å². The first-order valence-electron chi connectivity index (χ1n) is 6.77. The number of aliphatic carboxylic acids is 1. The Balaban J connectivity index is 2.04. The number of carbonyl (C=O) groups is 1. The van der Waals surface area contributed by atoms with Gasteiger partial charge in [0.1, 0.15) is 11.4 Å². The Labute approximate surface area is 131 Å². The van der Waals surface area contributed by atoms with Crippen LogP contribution in [-0.2, 0) is 11.8 Å². The molecule has 3 heterocycles. The molecule has 0 bridgehead atoms. The SMILES string of the molecule is COc1ccnc(-c2nn(C)c3nc(OCC(=O)O)ccc23)c1. The highest BCUT2D eigenvalue weighted by molar-refractivity contribution is 5.90. The van der Waals surface area contributed by atoms with Crippen molar-refractivity contribution in [3.8, 4) is 23.0 Å². The molecule has 118 valence electrons. The third-order valence-electron chi connectivity index (χ3n) is 3.21. The standard InChI is InChI=1S/C15H14N4O4/c1-19-15-10(3-4-12(17-15)23-8-13(20)21)14(18-19)11-7-9(22-2)5-6-16-11/h3-7H,8H2,1-2H3,(H,20,21). The number of fused-ring (bicyclic) bond motifs is 1. The summed E-state index contributed by atoms with van der Waals surface area (Å²) in [6.07, 6.45) is 1.65. The van der Waals surface area contributed by atoms with E-state index in [4.69, 9.17) is 14.6 Å². The minimum Gasteiger partial charge on any atom is -0.497 e. The van der Waals surface area contributed by atoms with Crippen LogP contribution in [-0.4, -0.2) is 44.5 Å². The van der Waals surface area contributed by atoms with E-state index < -0.39 is 12.6 Å². The van der Waals surface area contributed by atoms with Crippen molar-refractivity contribution >= 4 is 17.0 Å². The number of aryl methyl sites for hydroxylation is 1. The van der Waals surface area contributed by atoms with Gasteiger partial charge in [-0.1, -0.05) is 0 Å². The lowest BCUT2D eigenvalue weighted by Crippen LogP contribution is -2.10. The zero-order valence-corrected chi connectivity index (χ0v) is 12.6. The molecule has 3 aromatic heterocycles. The van der Waals surface area contributed by atoms with Crippen molar-refractivity contribution in [2.75, 3.05) is 13.7 Å². The van der Waals surface area contributed by atoms with Crippen LogP contribution in [0.25, 0.3) is 22.4 Å². The van der Waals surface area contributed by atoms with Crippen LogP contribution in [0.1, 0.15) is 0 Å². The van der Waals surface area contributed by atoms with Gasteiger partial charge in [-0.25, -0.2) is 9.48 Å². The molecule has 0 aliphatic heterocycles. The van der Waals surface area contributed by atoms with Crippen LogP contribution in [0.15, 0.2) is 30.5 Å². The van der Waals surface area contributed by atoms with Crippen LogP contribution < -0.4 is 9.47 Å². The molecule has 23 heavy (non-hydrogen) atoms. The fourth-order valence-electron chi connectivity index (χ4n) is 2.19. The summed E-state index contributed by atoms with van der Waals surface area (Å²) in [6.45, 7) is -0.444. The van der Waals surface area contributed by atoms with Gasteiger partial charge in [0.15, 0.2) is 12.3 Å². The molecule has 0 amide bonds. The lowest BCUT2D eigenvalue weighted by atomic mass is 10.2. The zero-order chi connectivity index (χ0) is 16.4. The van der Waals surface area contributed by atoms with Gasteiger partial charge < -0.3 is 14.6 Å². The Morgan fingerprint density at radius 2 is 2.17 bits per heavy atom. The minimum atomic E-state index is -1.06. The van der Waals surface area contributed by atoms with E-state index in [9.17, 15) is 4.79 Å². The van der Waals surface area contributed by atoms with E-state index in [1.165, 1.54) is 0 Å². The maximum atomic E-state index is 10.6. The predicted molar refractivity (Wildman–Crippen MR) is 81.4 cm³/mol. The minimum absolute atomic E-state index is 0.230. The van der Waals surface area contributed by atoms with Crippen LogP contribution in [0.5, 0.6) is 11.6 Å². The second-order valence-corrected chi connectivity index (χ2v) is 4.76. The average molecular weight is 314 g/mol. The van der Waals surface area contributed by atoms with Gasteiger partial charge in [-0.15, -0.1) is 0 Å². The van der Waals surface area contributed by atoms with E-state index in [2.05, 4.69) is 15.1 Å². The molecule has 8 heteroatoms. The van der Waals surface area contributed by atoms with Gasteiger partial charge in [0, 0.05) is 30.8 Å². The Kier molecular flexibility index (Phi) is 3.80. The summed E-state index contributed by atoms with van der Waals surface area (Å²) in [5, 5.41) is 13.9. The Morgan fingerprint density at radius 1 is 1.35 bits per heavy atom. The number of rotatable bonds is 5. The van der Waals surface area contributed by atoms with Gasteiger partial charge in [-0.2, -0.15) is 10.1 Å². The molecule has 3 aromatic rings. The molecular weight excluding hydrogens is 300 g/mol. The van der Waals surface area contributed by atoms with E-state index in [1.807, 2.05) is 0 Å². The topological polar surface area (TPSA) is 99.4 Å². The molecule has 1 N–H and O–H groups in total. The number of ether oxygens (including phenoxy) is 2. The highest BCUT2D eigenvalue weighted by Gasteiger charge is 2.14. The molecule has 0 spiro atoms. The third kappa shape index (κ3) is 2.91. The number of hydrogen-bond acceptors (Lipinski definition) is 6. The lowest BCUT2D eigenvalue weighted by Gasteiger charge is -2.03. The lowest BCUT2D eigenvalue weighted by molar-refractivity contribution is -0.139. The zero-order valence-electron chi connectivity index (χ0n) is 12.6. The summed E-state index contributed by atoms with van der Waals surface area (Å²) < 4.78 is 11.9.